The number of likely N-dealkylation sites (N-methyl/N-ethyl adjacent to an activating group) is 1. The first-order valence-electron chi connectivity index (χ1n) is 6.74. The monoisotopic (exact) mass is 289 g/mol. The van der Waals surface area contributed by atoms with Crippen molar-refractivity contribution in [3.05, 3.63) is 34.9 Å². The van der Waals surface area contributed by atoms with Gasteiger partial charge in [0.25, 0.3) is 0 Å². The Hall–Kier alpha value is -1.07. The first kappa shape index (κ1) is 17.0. The predicted octanol–water partition coefficient (Wildman–Crippen LogP) is 3.92. The van der Waals surface area contributed by atoms with Gasteiger partial charge in [0.2, 0.25) is 0 Å². The van der Waals surface area contributed by atoms with Crippen molar-refractivity contribution in [2.45, 2.75) is 46.0 Å². The van der Waals surface area contributed by atoms with E-state index in [1.54, 1.807) is 0 Å². The topological polar surface area (TPSA) is 21.3 Å². The first-order chi connectivity index (χ1) is 9.25. The summed E-state index contributed by atoms with van der Waals surface area (Å²) in [6.07, 6.45) is -6.08. The zero-order chi connectivity index (χ0) is 15.3. The van der Waals surface area contributed by atoms with Crippen LogP contribution in [0.3, 0.4) is 0 Å². The number of alkyl halides is 3. The second kappa shape index (κ2) is 7.09. The van der Waals surface area contributed by atoms with Crippen LogP contribution in [0, 0.1) is 13.8 Å². The molecule has 0 bridgehead atoms. The number of nitrogens with one attached hydrogen (secondary N) is 1. The molecular weight excluding hydrogens is 267 g/mol. The quantitative estimate of drug-likeness (QED) is 0.857. The molecule has 0 saturated carbocycles. The molecule has 0 amide bonds. The lowest BCUT2D eigenvalue weighted by Gasteiger charge is -2.24. The third kappa shape index (κ3) is 4.80. The Morgan fingerprint density at radius 1 is 1.25 bits per heavy atom. The fourth-order valence-corrected chi connectivity index (χ4v) is 1.98. The zero-order valence-electron chi connectivity index (χ0n) is 12.3. The van der Waals surface area contributed by atoms with E-state index >= 15 is 0 Å². The summed E-state index contributed by atoms with van der Waals surface area (Å²) >= 11 is 0. The summed E-state index contributed by atoms with van der Waals surface area (Å²) in [7, 11) is 0. The van der Waals surface area contributed by atoms with Crippen LogP contribution in [0.4, 0.5) is 13.2 Å². The molecule has 2 nitrogen and oxygen atoms in total. The molecule has 1 rings (SSSR count). The van der Waals surface area contributed by atoms with Gasteiger partial charge in [0.05, 0.1) is 12.6 Å². The predicted molar refractivity (Wildman–Crippen MR) is 73.8 cm³/mol. The number of hydrogen-bond acceptors (Lipinski definition) is 2. The highest BCUT2D eigenvalue weighted by Gasteiger charge is 2.37. The van der Waals surface area contributed by atoms with E-state index < -0.39 is 12.3 Å². The van der Waals surface area contributed by atoms with Crippen molar-refractivity contribution in [2.24, 2.45) is 0 Å². The second-order valence-corrected chi connectivity index (χ2v) is 4.99. The third-order valence-corrected chi connectivity index (χ3v) is 3.23. The summed E-state index contributed by atoms with van der Waals surface area (Å²) in [5.74, 6) is 0. The molecule has 0 aliphatic heterocycles. The lowest BCUT2D eigenvalue weighted by atomic mass is 9.99. The van der Waals surface area contributed by atoms with Crippen LogP contribution in [0.1, 0.15) is 36.6 Å². The third-order valence-electron chi connectivity index (χ3n) is 3.23. The number of halogens is 3. The molecule has 0 saturated heterocycles. The minimum atomic E-state index is -4.32. The molecule has 2 atom stereocenters. The molecule has 0 spiro atoms. The summed E-state index contributed by atoms with van der Waals surface area (Å²) in [5.41, 5.74) is 3.11. The van der Waals surface area contributed by atoms with Crippen LogP contribution in [0.15, 0.2) is 18.2 Å². The summed E-state index contributed by atoms with van der Waals surface area (Å²) in [6.45, 7) is 7.54. The van der Waals surface area contributed by atoms with Crippen LogP contribution in [0.5, 0.6) is 0 Å². The van der Waals surface area contributed by atoms with Crippen LogP contribution in [0.2, 0.25) is 0 Å². The number of ether oxygens (including phenoxy) is 1. The smallest absolute Gasteiger partial charge is 0.367 e. The van der Waals surface area contributed by atoms with E-state index in [2.05, 4.69) is 5.32 Å². The largest absolute Gasteiger partial charge is 0.414 e. The van der Waals surface area contributed by atoms with Crippen LogP contribution >= 0.6 is 0 Å². The van der Waals surface area contributed by atoms with Gasteiger partial charge >= 0.3 is 6.18 Å². The van der Waals surface area contributed by atoms with Crippen molar-refractivity contribution in [2.75, 3.05) is 13.2 Å². The van der Waals surface area contributed by atoms with Crippen LogP contribution in [-0.4, -0.2) is 25.4 Å². The molecule has 5 heteroatoms. The van der Waals surface area contributed by atoms with Gasteiger partial charge in [0.1, 0.15) is 0 Å². The molecular formula is C15H22F3NO. The van der Waals surface area contributed by atoms with Gasteiger partial charge in [0.15, 0.2) is 6.10 Å². The van der Waals surface area contributed by atoms with Crippen molar-refractivity contribution < 1.29 is 17.9 Å². The van der Waals surface area contributed by atoms with Crippen LogP contribution in [0.25, 0.3) is 0 Å². The molecule has 0 radical (unpaired) electrons. The van der Waals surface area contributed by atoms with E-state index in [0.717, 1.165) is 23.6 Å². The van der Waals surface area contributed by atoms with Crippen molar-refractivity contribution in [3.63, 3.8) is 0 Å². The number of aryl methyl sites for hydroxylation is 2. The van der Waals surface area contributed by atoms with Gasteiger partial charge in [-0.2, -0.15) is 13.2 Å². The van der Waals surface area contributed by atoms with Gasteiger partial charge in [-0.1, -0.05) is 30.7 Å². The highest BCUT2D eigenvalue weighted by molar-refractivity contribution is 5.33. The summed E-state index contributed by atoms with van der Waals surface area (Å²) in [4.78, 5) is 0. The fraction of sp³-hybridized carbons (Fsp3) is 0.600. The van der Waals surface area contributed by atoms with Crippen LogP contribution < -0.4 is 5.32 Å². The Bertz CT molecular complexity index is 432. The average Bonchev–Trinajstić information content (AvgIpc) is 2.36. The van der Waals surface area contributed by atoms with Crippen molar-refractivity contribution in [1.82, 2.24) is 5.32 Å². The molecule has 0 aromatic heterocycles. The molecule has 1 aromatic carbocycles. The molecule has 1 aromatic rings. The number of rotatable bonds is 6. The Kier molecular flexibility index (Phi) is 6.02. The minimum absolute atomic E-state index is 0.00118. The summed E-state index contributed by atoms with van der Waals surface area (Å²) in [5, 5.41) is 3.18. The van der Waals surface area contributed by atoms with Crippen molar-refractivity contribution in [3.8, 4) is 0 Å². The van der Waals surface area contributed by atoms with Gasteiger partial charge in [0, 0.05) is 0 Å². The first-order valence-corrected chi connectivity index (χ1v) is 6.74. The Labute approximate surface area is 118 Å². The molecule has 114 valence electrons. The highest BCUT2D eigenvalue weighted by atomic mass is 19.4. The molecule has 0 heterocycles. The van der Waals surface area contributed by atoms with E-state index in [0.29, 0.717) is 6.54 Å². The molecule has 0 aliphatic rings. The maximum Gasteiger partial charge on any atom is 0.414 e. The molecule has 0 aliphatic carbocycles. The highest BCUT2D eigenvalue weighted by Crippen LogP contribution is 2.25. The lowest BCUT2D eigenvalue weighted by Crippen LogP contribution is -2.33. The molecule has 0 fully saturated rings. The van der Waals surface area contributed by atoms with Gasteiger partial charge in [-0.25, -0.2) is 0 Å². The molecule has 20 heavy (non-hydrogen) atoms. The normalized spacial score (nSPS) is 15.2. The summed E-state index contributed by atoms with van der Waals surface area (Å²) < 4.78 is 42.4. The van der Waals surface area contributed by atoms with E-state index in [9.17, 15) is 13.2 Å². The SMILES string of the molecule is CCNC(COC(C)C(F)(F)F)c1cc(C)ccc1C. The van der Waals surface area contributed by atoms with Gasteiger partial charge in [-0.05, 0) is 38.4 Å². The Morgan fingerprint density at radius 3 is 2.45 bits per heavy atom. The molecule has 2 unspecified atom stereocenters. The minimum Gasteiger partial charge on any atom is -0.367 e. The van der Waals surface area contributed by atoms with E-state index in [4.69, 9.17) is 4.74 Å². The Morgan fingerprint density at radius 2 is 1.90 bits per heavy atom. The zero-order valence-corrected chi connectivity index (χ0v) is 12.3. The summed E-state index contributed by atoms with van der Waals surface area (Å²) in [6, 6.07) is 5.72. The molecule has 1 N–H and O–H groups in total. The average molecular weight is 289 g/mol. The standard InChI is InChI=1S/C15H22F3NO/c1-5-19-14(9-20-12(4)15(16,17)18)13-8-10(2)6-7-11(13)3/h6-8,12,14,19H,5,9H2,1-4H3. The number of benzene rings is 1. The van der Waals surface area contributed by atoms with Gasteiger partial charge in [-0.3, -0.25) is 0 Å². The van der Waals surface area contributed by atoms with E-state index in [1.807, 2.05) is 39.0 Å². The van der Waals surface area contributed by atoms with E-state index in [-0.39, 0.29) is 12.6 Å². The van der Waals surface area contributed by atoms with Crippen molar-refractivity contribution in [1.29, 1.82) is 0 Å². The Balaban J connectivity index is 2.81. The second-order valence-electron chi connectivity index (χ2n) is 4.99. The van der Waals surface area contributed by atoms with E-state index in [1.165, 1.54) is 0 Å². The van der Waals surface area contributed by atoms with Gasteiger partial charge in [-0.15, -0.1) is 0 Å². The fourth-order valence-electron chi connectivity index (χ4n) is 1.98. The maximum atomic E-state index is 12.5. The van der Waals surface area contributed by atoms with Gasteiger partial charge < -0.3 is 10.1 Å². The maximum absolute atomic E-state index is 12.5. The lowest BCUT2D eigenvalue weighted by molar-refractivity contribution is -0.215. The van der Waals surface area contributed by atoms with Crippen LogP contribution in [-0.2, 0) is 4.74 Å². The number of hydrogen-bond donors (Lipinski definition) is 1. The van der Waals surface area contributed by atoms with Crippen molar-refractivity contribution >= 4 is 0 Å².